The van der Waals surface area contributed by atoms with Gasteiger partial charge in [-0.2, -0.15) is 0 Å². The molecule has 0 saturated heterocycles. The predicted octanol–water partition coefficient (Wildman–Crippen LogP) is 6.61. The van der Waals surface area contributed by atoms with Gasteiger partial charge in [-0.25, -0.2) is 0 Å². The van der Waals surface area contributed by atoms with E-state index in [-0.39, 0.29) is 6.29 Å². The summed E-state index contributed by atoms with van der Waals surface area (Å²) in [5.74, 6) is 0.911. The van der Waals surface area contributed by atoms with Gasteiger partial charge in [-0.3, -0.25) is 0 Å². The summed E-state index contributed by atoms with van der Waals surface area (Å²) in [6.45, 7) is 2.41. The van der Waals surface area contributed by atoms with Gasteiger partial charge < -0.3 is 19.1 Å². The third-order valence-electron chi connectivity index (χ3n) is 5.68. The third-order valence-corrected chi connectivity index (χ3v) is 5.68. The standard InChI is InChI=1S/C30H37NO3/c1-32-30(33-2)17-11-16-26-18-20-29(21-19-26)34-23-10-9-22-31(24-27-12-5-3-6-13-27)25-28-14-7-4-8-15-28/h3-9,12-15,18-22,30H,10-11,16-17,23-25H2,1-2H3/b22-9-. The van der Waals surface area contributed by atoms with E-state index in [9.17, 15) is 0 Å². The highest BCUT2D eigenvalue weighted by Crippen LogP contribution is 2.16. The molecule has 4 nitrogen and oxygen atoms in total. The van der Waals surface area contributed by atoms with Gasteiger partial charge >= 0.3 is 0 Å². The molecule has 4 heteroatoms. The van der Waals surface area contributed by atoms with Crippen LogP contribution in [-0.4, -0.2) is 32.0 Å². The molecule has 0 aliphatic heterocycles. The number of methoxy groups -OCH3 is 2. The van der Waals surface area contributed by atoms with Gasteiger partial charge in [0, 0.05) is 33.7 Å². The number of benzene rings is 3. The monoisotopic (exact) mass is 459 g/mol. The highest BCUT2D eigenvalue weighted by molar-refractivity contribution is 5.27. The van der Waals surface area contributed by atoms with Crippen molar-refractivity contribution in [3.8, 4) is 5.75 Å². The van der Waals surface area contributed by atoms with Crippen molar-refractivity contribution in [2.24, 2.45) is 0 Å². The minimum Gasteiger partial charge on any atom is -0.493 e. The number of ether oxygens (including phenoxy) is 3. The van der Waals surface area contributed by atoms with Crippen molar-refractivity contribution >= 4 is 0 Å². The van der Waals surface area contributed by atoms with Crippen LogP contribution in [0.1, 0.15) is 36.0 Å². The molecule has 0 atom stereocenters. The van der Waals surface area contributed by atoms with Crippen LogP contribution in [0, 0.1) is 0 Å². The van der Waals surface area contributed by atoms with E-state index in [0.29, 0.717) is 6.61 Å². The second kappa shape index (κ2) is 14.9. The lowest BCUT2D eigenvalue weighted by molar-refractivity contribution is -0.106. The lowest BCUT2D eigenvalue weighted by Gasteiger charge is -2.21. The molecule has 0 bridgehead atoms. The number of rotatable bonds is 15. The van der Waals surface area contributed by atoms with Gasteiger partial charge in [0.15, 0.2) is 6.29 Å². The van der Waals surface area contributed by atoms with Crippen molar-refractivity contribution in [2.75, 3.05) is 20.8 Å². The Kier molecular flexibility index (Phi) is 11.2. The quantitative estimate of drug-likeness (QED) is 0.189. The van der Waals surface area contributed by atoms with Crippen LogP contribution in [-0.2, 0) is 29.0 Å². The van der Waals surface area contributed by atoms with Crippen LogP contribution in [0.25, 0.3) is 0 Å². The van der Waals surface area contributed by atoms with Gasteiger partial charge in [0.1, 0.15) is 5.75 Å². The highest BCUT2D eigenvalue weighted by atomic mass is 16.7. The lowest BCUT2D eigenvalue weighted by Crippen LogP contribution is -2.16. The van der Waals surface area contributed by atoms with Gasteiger partial charge in [0.25, 0.3) is 0 Å². The van der Waals surface area contributed by atoms with Gasteiger partial charge in [0.2, 0.25) is 0 Å². The minimum atomic E-state index is -0.119. The molecule has 34 heavy (non-hydrogen) atoms. The molecule has 0 amide bonds. The molecule has 3 rings (SSSR count). The SMILES string of the molecule is COC(CCCc1ccc(OCC/C=C\N(Cc2ccccc2)Cc2ccccc2)cc1)OC. The van der Waals surface area contributed by atoms with Crippen LogP contribution in [0.15, 0.2) is 97.2 Å². The van der Waals surface area contributed by atoms with Crippen LogP contribution in [0.3, 0.4) is 0 Å². The van der Waals surface area contributed by atoms with E-state index in [1.54, 1.807) is 14.2 Å². The van der Waals surface area contributed by atoms with E-state index < -0.39 is 0 Å². The van der Waals surface area contributed by atoms with Gasteiger partial charge in [0.05, 0.1) is 6.61 Å². The molecular formula is C30H37NO3. The van der Waals surface area contributed by atoms with E-state index >= 15 is 0 Å². The molecule has 0 aromatic heterocycles. The van der Waals surface area contributed by atoms with Crippen LogP contribution < -0.4 is 4.74 Å². The maximum atomic E-state index is 5.95. The summed E-state index contributed by atoms with van der Waals surface area (Å²) in [5, 5.41) is 0. The van der Waals surface area contributed by atoms with Crippen LogP contribution in [0.5, 0.6) is 5.75 Å². The first-order valence-electron chi connectivity index (χ1n) is 12.0. The van der Waals surface area contributed by atoms with Crippen LogP contribution in [0.2, 0.25) is 0 Å². The lowest BCUT2D eigenvalue weighted by atomic mass is 10.1. The zero-order chi connectivity index (χ0) is 23.8. The fourth-order valence-electron chi connectivity index (χ4n) is 3.82. The number of nitrogens with zero attached hydrogens (tertiary/aromatic N) is 1. The van der Waals surface area contributed by atoms with Gasteiger partial charge in [-0.15, -0.1) is 0 Å². The molecule has 0 radical (unpaired) electrons. The van der Waals surface area contributed by atoms with Crippen LogP contribution >= 0.6 is 0 Å². The Bertz CT molecular complexity index is 896. The third kappa shape index (κ3) is 9.42. The van der Waals surface area contributed by atoms with E-state index in [2.05, 4.69) is 102 Å². The molecular weight excluding hydrogens is 422 g/mol. The van der Waals surface area contributed by atoms with Crippen molar-refractivity contribution in [1.82, 2.24) is 4.90 Å². The molecule has 0 aliphatic rings. The Morgan fingerprint density at radius 2 is 1.32 bits per heavy atom. The maximum absolute atomic E-state index is 5.95. The Labute approximate surface area is 204 Å². The Morgan fingerprint density at radius 3 is 1.88 bits per heavy atom. The molecule has 180 valence electrons. The fourth-order valence-corrected chi connectivity index (χ4v) is 3.82. The van der Waals surface area contributed by atoms with Gasteiger partial charge in [-0.05, 0) is 54.3 Å². The second-order valence-electron chi connectivity index (χ2n) is 8.34. The average molecular weight is 460 g/mol. The molecule has 0 N–H and O–H groups in total. The Hall–Kier alpha value is -3.08. The first-order valence-corrected chi connectivity index (χ1v) is 12.0. The predicted molar refractivity (Wildman–Crippen MR) is 139 cm³/mol. The number of hydrogen-bond donors (Lipinski definition) is 0. The summed E-state index contributed by atoms with van der Waals surface area (Å²) < 4.78 is 16.4. The molecule has 0 saturated carbocycles. The molecule has 3 aromatic rings. The smallest absolute Gasteiger partial charge is 0.156 e. The van der Waals surface area contributed by atoms with Gasteiger partial charge in [-0.1, -0.05) is 78.9 Å². The van der Waals surface area contributed by atoms with Crippen LogP contribution in [0.4, 0.5) is 0 Å². The summed E-state index contributed by atoms with van der Waals surface area (Å²) in [5.41, 5.74) is 3.91. The largest absolute Gasteiger partial charge is 0.493 e. The molecule has 3 aromatic carbocycles. The normalized spacial score (nSPS) is 11.3. The summed E-state index contributed by atoms with van der Waals surface area (Å²) in [7, 11) is 3.36. The second-order valence-corrected chi connectivity index (χ2v) is 8.34. The zero-order valence-corrected chi connectivity index (χ0v) is 20.4. The van der Waals surface area contributed by atoms with Crippen molar-refractivity contribution in [3.05, 3.63) is 114 Å². The molecule has 0 spiro atoms. The first kappa shape index (κ1) is 25.5. The van der Waals surface area contributed by atoms with Crippen molar-refractivity contribution in [2.45, 2.75) is 45.1 Å². The van der Waals surface area contributed by atoms with E-state index in [1.165, 1.54) is 16.7 Å². The zero-order valence-electron chi connectivity index (χ0n) is 20.4. The topological polar surface area (TPSA) is 30.9 Å². The highest BCUT2D eigenvalue weighted by Gasteiger charge is 2.05. The minimum absolute atomic E-state index is 0.119. The van der Waals surface area contributed by atoms with Crippen molar-refractivity contribution in [3.63, 3.8) is 0 Å². The molecule has 0 aliphatic carbocycles. The summed E-state index contributed by atoms with van der Waals surface area (Å²) in [6, 6.07) is 29.6. The molecule has 0 fully saturated rings. The van der Waals surface area contributed by atoms with E-state index in [1.807, 2.05) is 0 Å². The number of hydrogen-bond acceptors (Lipinski definition) is 4. The molecule has 0 heterocycles. The first-order chi connectivity index (χ1) is 16.8. The Balaban J connectivity index is 1.43. The van der Waals surface area contributed by atoms with Crippen molar-refractivity contribution in [1.29, 1.82) is 0 Å². The van der Waals surface area contributed by atoms with E-state index in [0.717, 1.165) is 44.5 Å². The maximum Gasteiger partial charge on any atom is 0.156 e. The fraction of sp³-hybridized carbons (Fsp3) is 0.333. The number of aryl methyl sites for hydroxylation is 1. The average Bonchev–Trinajstić information content (AvgIpc) is 2.88. The summed E-state index contributed by atoms with van der Waals surface area (Å²) in [4.78, 5) is 2.34. The Morgan fingerprint density at radius 1 is 0.735 bits per heavy atom. The van der Waals surface area contributed by atoms with E-state index in [4.69, 9.17) is 14.2 Å². The van der Waals surface area contributed by atoms with Crippen molar-refractivity contribution < 1.29 is 14.2 Å². The molecule has 0 unspecified atom stereocenters. The summed E-state index contributed by atoms with van der Waals surface area (Å²) >= 11 is 0. The summed E-state index contributed by atoms with van der Waals surface area (Å²) in [6.07, 6.45) is 8.06.